The van der Waals surface area contributed by atoms with Gasteiger partial charge in [0.15, 0.2) is 5.85 Å². The SMILES string of the molecule is CCOP(=O)(OCC)C(OC)C1CC(NC(=O)C(F)(F)F)CC(OC)C1. The highest BCUT2D eigenvalue weighted by atomic mass is 31.2. The van der Waals surface area contributed by atoms with Crippen LogP contribution in [0.4, 0.5) is 13.2 Å². The molecule has 4 unspecified atom stereocenters. The molecule has 4 atom stereocenters. The predicted octanol–water partition coefficient (Wildman–Crippen LogP) is 3.09. The lowest BCUT2D eigenvalue weighted by Crippen LogP contribution is -2.49. The molecule has 1 saturated carbocycles. The van der Waals surface area contributed by atoms with Crippen LogP contribution in [0.1, 0.15) is 33.1 Å². The zero-order chi connectivity index (χ0) is 20.0. The fraction of sp³-hybridized carbons (Fsp3) is 0.933. The molecular formula is C15H27F3NO6P. The number of alkyl halides is 3. The van der Waals surface area contributed by atoms with Crippen molar-refractivity contribution in [3.63, 3.8) is 0 Å². The maximum atomic E-state index is 13.0. The average Bonchev–Trinajstić information content (AvgIpc) is 2.54. The van der Waals surface area contributed by atoms with Crippen LogP contribution in [-0.2, 0) is 27.9 Å². The molecule has 0 aliphatic heterocycles. The first-order valence-corrected chi connectivity index (χ1v) is 10.0. The number of rotatable bonds is 9. The molecule has 1 fully saturated rings. The molecule has 0 bridgehead atoms. The summed E-state index contributed by atoms with van der Waals surface area (Å²) in [5.41, 5.74) is 0. The summed E-state index contributed by atoms with van der Waals surface area (Å²) in [6, 6.07) is -0.790. The largest absolute Gasteiger partial charge is 0.471 e. The molecule has 0 aromatic rings. The van der Waals surface area contributed by atoms with Crippen LogP contribution in [0.15, 0.2) is 0 Å². The Hall–Kier alpha value is -0.670. The molecule has 0 spiro atoms. The van der Waals surface area contributed by atoms with E-state index in [1.165, 1.54) is 14.2 Å². The number of ether oxygens (including phenoxy) is 2. The summed E-state index contributed by atoms with van der Waals surface area (Å²) in [7, 11) is -0.866. The van der Waals surface area contributed by atoms with Gasteiger partial charge < -0.3 is 23.8 Å². The number of halogens is 3. The van der Waals surface area contributed by atoms with Crippen molar-refractivity contribution in [2.75, 3.05) is 27.4 Å². The van der Waals surface area contributed by atoms with E-state index >= 15 is 0 Å². The van der Waals surface area contributed by atoms with Crippen LogP contribution < -0.4 is 5.32 Å². The van der Waals surface area contributed by atoms with Crippen molar-refractivity contribution in [1.82, 2.24) is 5.32 Å². The molecule has 7 nitrogen and oxygen atoms in total. The summed E-state index contributed by atoms with van der Waals surface area (Å²) >= 11 is 0. The van der Waals surface area contributed by atoms with Crippen molar-refractivity contribution in [2.45, 2.75) is 57.3 Å². The first kappa shape index (κ1) is 23.4. The van der Waals surface area contributed by atoms with Gasteiger partial charge in [-0.05, 0) is 33.1 Å². The molecule has 0 aromatic heterocycles. The molecule has 1 N–H and O–H groups in total. The van der Waals surface area contributed by atoms with E-state index in [2.05, 4.69) is 0 Å². The fourth-order valence-corrected chi connectivity index (χ4v) is 5.35. The Kier molecular flexibility index (Phi) is 9.02. The van der Waals surface area contributed by atoms with Gasteiger partial charge in [-0.25, -0.2) is 0 Å². The van der Waals surface area contributed by atoms with Gasteiger partial charge in [-0.1, -0.05) is 0 Å². The number of hydrogen-bond donors (Lipinski definition) is 1. The third-order valence-corrected chi connectivity index (χ3v) is 6.69. The summed E-state index contributed by atoms with van der Waals surface area (Å²) in [6.07, 6.45) is -4.62. The molecule has 11 heteroatoms. The monoisotopic (exact) mass is 405 g/mol. The molecule has 1 aliphatic rings. The highest BCUT2D eigenvalue weighted by Crippen LogP contribution is 2.57. The van der Waals surface area contributed by atoms with Crippen LogP contribution in [0.25, 0.3) is 0 Å². The molecule has 1 aliphatic carbocycles. The van der Waals surface area contributed by atoms with Gasteiger partial charge in [0, 0.05) is 26.2 Å². The van der Waals surface area contributed by atoms with E-state index in [4.69, 9.17) is 18.5 Å². The standard InChI is InChI=1S/C15H27F3NO6P/c1-5-24-26(21,25-6-2)13(23-4)10-7-11(9-12(8-10)22-3)19-14(20)15(16,17)18/h10-13H,5-9H2,1-4H3,(H,19,20). The topological polar surface area (TPSA) is 83.1 Å². The summed E-state index contributed by atoms with van der Waals surface area (Å²) in [6.45, 7) is 3.57. The van der Waals surface area contributed by atoms with Gasteiger partial charge in [0.05, 0.1) is 19.3 Å². The maximum absolute atomic E-state index is 13.0. The van der Waals surface area contributed by atoms with Crippen LogP contribution in [0.5, 0.6) is 0 Å². The van der Waals surface area contributed by atoms with Crippen molar-refractivity contribution < 1.29 is 41.1 Å². The van der Waals surface area contributed by atoms with Gasteiger partial charge in [0.2, 0.25) is 0 Å². The van der Waals surface area contributed by atoms with Gasteiger partial charge in [-0.3, -0.25) is 9.36 Å². The van der Waals surface area contributed by atoms with Gasteiger partial charge in [-0.15, -0.1) is 0 Å². The molecule has 0 aromatic carbocycles. The van der Waals surface area contributed by atoms with Gasteiger partial charge in [0.1, 0.15) is 0 Å². The number of hydrogen-bond acceptors (Lipinski definition) is 6. The Morgan fingerprint density at radius 1 is 1.15 bits per heavy atom. The van der Waals surface area contributed by atoms with Crippen LogP contribution in [0.3, 0.4) is 0 Å². The lowest BCUT2D eigenvalue weighted by molar-refractivity contribution is -0.175. The van der Waals surface area contributed by atoms with E-state index in [-0.39, 0.29) is 26.1 Å². The molecule has 0 saturated heterocycles. The molecule has 154 valence electrons. The van der Waals surface area contributed by atoms with Crippen molar-refractivity contribution in [3.8, 4) is 0 Å². The Balaban J connectivity index is 2.99. The predicted molar refractivity (Wildman–Crippen MR) is 87.8 cm³/mol. The first-order valence-electron chi connectivity index (χ1n) is 8.43. The van der Waals surface area contributed by atoms with E-state index in [0.29, 0.717) is 6.42 Å². The number of carbonyl (C=O) groups excluding carboxylic acids is 1. The molecule has 1 amide bonds. The third-order valence-electron chi connectivity index (χ3n) is 4.20. The summed E-state index contributed by atoms with van der Waals surface area (Å²) in [5, 5.41) is 1.98. The molecule has 26 heavy (non-hydrogen) atoms. The van der Waals surface area contributed by atoms with Crippen LogP contribution in [0, 0.1) is 5.92 Å². The zero-order valence-corrected chi connectivity index (χ0v) is 16.3. The van der Waals surface area contributed by atoms with Gasteiger partial charge in [-0.2, -0.15) is 13.2 Å². The van der Waals surface area contributed by atoms with Crippen LogP contribution in [0.2, 0.25) is 0 Å². The number of nitrogens with one attached hydrogen (secondary N) is 1. The van der Waals surface area contributed by atoms with E-state index in [1.807, 2.05) is 5.32 Å². The maximum Gasteiger partial charge on any atom is 0.471 e. The highest BCUT2D eigenvalue weighted by molar-refractivity contribution is 7.54. The Morgan fingerprint density at radius 3 is 2.15 bits per heavy atom. The van der Waals surface area contributed by atoms with Crippen LogP contribution >= 0.6 is 7.60 Å². The van der Waals surface area contributed by atoms with Gasteiger partial charge in [0.25, 0.3) is 0 Å². The number of amides is 1. The van der Waals surface area contributed by atoms with Crippen molar-refractivity contribution >= 4 is 13.5 Å². The van der Waals surface area contributed by atoms with E-state index in [9.17, 15) is 22.5 Å². The first-order chi connectivity index (χ1) is 12.1. The average molecular weight is 405 g/mol. The Bertz CT molecular complexity index is 494. The lowest BCUT2D eigenvalue weighted by Gasteiger charge is -2.39. The van der Waals surface area contributed by atoms with Crippen molar-refractivity contribution in [2.24, 2.45) is 5.92 Å². The minimum atomic E-state index is -4.97. The zero-order valence-electron chi connectivity index (χ0n) is 15.4. The molecule has 0 heterocycles. The minimum absolute atomic E-state index is 0.131. The van der Waals surface area contributed by atoms with E-state index in [0.717, 1.165) is 0 Å². The van der Waals surface area contributed by atoms with Crippen molar-refractivity contribution in [1.29, 1.82) is 0 Å². The second-order valence-corrected chi connectivity index (χ2v) is 8.10. The third kappa shape index (κ3) is 6.20. The number of methoxy groups -OCH3 is 2. The molecule has 1 rings (SSSR count). The Morgan fingerprint density at radius 2 is 1.73 bits per heavy atom. The molecular weight excluding hydrogens is 378 g/mol. The summed E-state index contributed by atoms with van der Waals surface area (Å²) < 4.78 is 72.0. The summed E-state index contributed by atoms with van der Waals surface area (Å²) in [5.74, 6) is -3.45. The van der Waals surface area contributed by atoms with E-state index < -0.39 is 43.6 Å². The smallest absolute Gasteiger partial charge is 0.381 e. The number of carbonyl (C=O) groups is 1. The quantitative estimate of drug-likeness (QED) is 0.594. The molecule has 0 radical (unpaired) electrons. The van der Waals surface area contributed by atoms with Gasteiger partial charge >= 0.3 is 19.7 Å². The normalized spacial score (nSPS) is 25.7. The minimum Gasteiger partial charge on any atom is -0.381 e. The summed E-state index contributed by atoms with van der Waals surface area (Å²) in [4.78, 5) is 11.3. The van der Waals surface area contributed by atoms with Crippen LogP contribution in [-0.4, -0.2) is 57.5 Å². The van der Waals surface area contributed by atoms with E-state index in [1.54, 1.807) is 13.8 Å². The fourth-order valence-electron chi connectivity index (χ4n) is 3.24. The second kappa shape index (κ2) is 10.0. The lowest BCUT2D eigenvalue weighted by atomic mass is 9.84. The Labute approximate surface area is 151 Å². The van der Waals surface area contributed by atoms with Crippen molar-refractivity contribution in [3.05, 3.63) is 0 Å². The second-order valence-electron chi connectivity index (χ2n) is 5.99. The highest BCUT2D eigenvalue weighted by Gasteiger charge is 2.47.